The number of H-pyrrole nitrogens is 1. The Morgan fingerprint density at radius 3 is 2.62 bits per heavy atom. The zero-order valence-electron chi connectivity index (χ0n) is 15.6. The second kappa shape index (κ2) is 9.40. The van der Waals surface area contributed by atoms with E-state index in [-0.39, 0.29) is 23.8 Å². The number of hydrogen-bond acceptors (Lipinski definition) is 7. The average Bonchev–Trinajstić information content (AvgIpc) is 2.71. The summed E-state index contributed by atoms with van der Waals surface area (Å²) >= 11 is 12.3. The second-order valence-corrected chi connectivity index (χ2v) is 6.67. The molecular weight excluding hydrogens is 417 g/mol. The van der Waals surface area contributed by atoms with Crippen LogP contribution < -0.4 is 20.5 Å². The van der Waals surface area contributed by atoms with Gasteiger partial charge < -0.3 is 9.47 Å². The molecule has 2 aromatic carbocycles. The summed E-state index contributed by atoms with van der Waals surface area (Å²) in [5.41, 5.74) is 3.98. The fraction of sp³-hybridized carbons (Fsp3) is 0.158. The van der Waals surface area contributed by atoms with Gasteiger partial charge in [0.1, 0.15) is 12.3 Å². The third-order valence-corrected chi connectivity index (χ3v) is 4.57. The maximum Gasteiger partial charge on any atom is 0.274 e. The SMILES string of the molecule is COc1cc(/C=N/Nc2nnc(C)c(=O)[nH]2)ccc1OCc1c(Cl)cccc1Cl. The van der Waals surface area contributed by atoms with Gasteiger partial charge in [-0.25, -0.2) is 5.43 Å². The number of halogens is 2. The first kappa shape index (κ1) is 20.6. The summed E-state index contributed by atoms with van der Waals surface area (Å²) < 4.78 is 11.2. The third-order valence-electron chi connectivity index (χ3n) is 3.87. The molecule has 0 radical (unpaired) electrons. The summed E-state index contributed by atoms with van der Waals surface area (Å²) in [6.07, 6.45) is 1.54. The van der Waals surface area contributed by atoms with Crippen molar-refractivity contribution in [2.24, 2.45) is 5.10 Å². The molecule has 8 nitrogen and oxygen atoms in total. The van der Waals surface area contributed by atoms with Crippen LogP contribution in [0, 0.1) is 6.92 Å². The Morgan fingerprint density at radius 2 is 1.93 bits per heavy atom. The smallest absolute Gasteiger partial charge is 0.274 e. The lowest BCUT2D eigenvalue weighted by Crippen LogP contribution is -2.15. The molecule has 0 aliphatic carbocycles. The van der Waals surface area contributed by atoms with Crippen LogP contribution >= 0.6 is 23.2 Å². The molecule has 0 unspecified atom stereocenters. The molecule has 0 amide bonds. The monoisotopic (exact) mass is 433 g/mol. The van der Waals surface area contributed by atoms with Crippen LogP contribution in [0.25, 0.3) is 0 Å². The number of hydrazone groups is 1. The van der Waals surface area contributed by atoms with Crippen LogP contribution in [0.15, 0.2) is 46.3 Å². The van der Waals surface area contributed by atoms with E-state index in [9.17, 15) is 4.79 Å². The van der Waals surface area contributed by atoms with Gasteiger partial charge in [0.15, 0.2) is 11.5 Å². The third kappa shape index (κ3) is 5.24. The van der Waals surface area contributed by atoms with Crippen LogP contribution in [-0.2, 0) is 6.61 Å². The van der Waals surface area contributed by atoms with E-state index >= 15 is 0 Å². The van der Waals surface area contributed by atoms with E-state index in [0.29, 0.717) is 27.1 Å². The van der Waals surface area contributed by atoms with Crippen molar-refractivity contribution in [2.75, 3.05) is 12.5 Å². The predicted octanol–water partition coefficient (Wildman–Crippen LogP) is 3.81. The van der Waals surface area contributed by atoms with Crippen molar-refractivity contribution in [3.8, 4) is 11.5 Å². The van der Waals surface area contributed by atoms with Crippen LogP contribution in [0.3, 0.4) is 0 Å². The molecule has 1 heterocycles. The summed E-state index contributed by atoms with van der Waals surface area (Å²) in [7, 11) is 1.54. The van der Waals surface area contributed by atoms with Gasteiger partial charge in [-0.15, -0.1) is 10.2 Å². The quantitative estimate of drug-likeness (QED) is 0.433. The van der Waals surface area contributed by atoms with Gasteiger partial charge in [0, 0.05) is 15.6 Å². The van der Waals surface area contributed by atoms with E-state index in [1.807, 2.05) is 0 Å². The second-order valence-electron chi connectivity index (χ2n) is 5.86. The molecule has 0 saturated carbocycles. The number of ether oxygens (including phenoxy) is 2. The first-order valence-electron chi connectivity index (χ1n) is 8.44. The lowest BCUT2D eigenvalue weighted by molar-refractivity contribution is 0.284. The molecule has 0 aliphatic rings. The van der Waals surface area contributed by atoms with Crippen molar-refractivity contribution < 1.29 is 9.47 Å². The van der Waals surface area contributed by atoms with E-state index in [0.717, 1.165) is 5.56 Å². The first-order chi connectivity index (χ1) is 14.0. The molecule has 0 saturated heterocycles. The standard InChI is InChI=1S/C19H17Cl2N5O3/c1-11-18(27)23-19(26-24-11)25-22-9-12-6-7-16(17(8-12)28-2)29-10-13-14(20)4-3-5-15(13)21/h3-9H,10H2,1-2H3,(H2,23,25,26,27)/b22-9+. The fourth-order valence-electron chi connectivity index (χ4n) is 2.32. The number of nitrogens with one attached hydrogen (secondary N) is 2. The van der Waals surface area contributed by atoms with Gasteiger partial charge >= 0.3 is 0 Å². The van der Waals surface area contributed by atoms with Crippen LogP contribution in [0.2, 0.25) is 10.0 Å². The molecule has 10 heteroatoms. The Hall–Kier alpha value is -3.10. The topological polar surface area (TPSA) is 101 Å². The highest BCUT2D eigenvalue weighted by Crippen LogP contribution is 2.31. The predicted molar refractivity (Wildman–Crippen MR) is 112 cm³/mol. The number of benzene rings is 2. The van der Waals surface area contributed by atoms with Crippen LogP contribution in [0.1, 0.15) is 16.8 Å². The lowest BCUT2D eigenvalue weighted by atomic mass is 10.2. The molecule has 0 aliphatic heterocycles. The maximum absolute atomic E-state index is 11.5. The first-order valence-corrected chi connectivity index (χ1v) is 9.20. The summed E-state index contributed by atoms with van der Waals surface area (Å²) in [5, 5.41) is 12.6. The van der Waals surface area contributed by atoms with Crippen molar-refractivity contribution in [2.45, 2.75) is 13.5 Å². The molecule has 29 heavy (non-hydrogen) atoms. The highest BCUT2D eigenvalue weighted by atomic mass is 35.5. The zero-order valence-corrected chi connectivity index (χ0v) is 17.1. The van der Waals surface area contributed by atoms with Gasteiger partial charge in [-0.1, -0.05) is 29.3 Å². The molecule has 0 fully saturated rings. The zero-order chi connectivity index (χ0) is 20.8. The molecule has 0 spiro atoms. The van der Waals surface area contributed by atoms with Crippen LogP contribution in [-0.4, -0.2) is 28.5 Å². The highest BCUT2D eigenvalue weighted by molar-refractivity contribution is 6.35. The maximum atomic E-state index is 11.5. The van der Waals surface area contributed by atoms with E-state index in [4.69, 9.17) is 32.7 Å². The Balaban J connectivity index is 1.69. The molecule has 1 aromatic heterocycles. The molecule has 150 valence electrons. The van der Waals surface area contributed by atoms with E-state index in [2.05, 4.69) is 25.7 Å². The fourth-order valence-corrected chi connectivity index (χ4v) is 2.82. The van der Waals surface area contributed by atoms with Crippen molar-refractivity contribution in [1.82, 2.24) is 15.2 Å². The molecule has 3 rings (SSSR count). The molecule has 2 N–H and O–H groups in total. The van der Waals surface area contributed by atoms with Crippen molar-refractivity contribution in [1.29, 1.82) is 0 Å². The van der Waals surface area contributed by atoms with Crippen LogP contribution in [0.4, 0.5) is 5.95 Å². The van der Waals surface area contributed by atoms with E-state index in [1.54, 1.807) is 43.3 Å². The summed E-state index contributed by atoms with van der Waals surface area (Å²) in [6.45, 7) is 1.76. The minimum absolute atomic E-state index is 0.139. The van der Waals surface area contributed by atoms with Crippen molar-refractivity contribution in [3.63, 3.8) is 0 Å². The number of aryl methyl sites for hydroxylation is 1. The summed E-state index contributed by atoms with van der Waals surface area (Å²) in [6, 6.07) is 10.6. The number of nitrogens with zero attached hydrogens (tertiary/aromatic N) is 3. The van der Waals surface area contributed by atoms with Gasteiger partial charge in [0.05, 0.1) is 13.3 Å². The lowest BCUT2D eigenvalue weighted by Gasteiger charge is -2.13. The molecule has 0 bridgehead atoms. The summed E-state index contributed by atoms with van der Waals surface area (Å²) in [5.74, 6) is 1.18. The van der Waals surface area contributed by atoms with Crippen molar-refractivity contribution >= 4 is 35.4 Å². The summed E-state index contributed by atoms with van der Waals surface area (Å²) in [4.78, 5) is 14.0. The molecular formula is C19H17Cl2N5O3. The largest absolute Gasteiger partial charge is 0.493 e. The molecule has 3 aromatic rings. The Labute approximate surface area is 176 Å². The van der Waals surface area contributed by atoms with Gasteiger partial charge in [-0.3, -0.25) is 9.78 Å². The Bertz CT molecular complexity index is 1080. The van der Waals surface area contributed by atoms with E-state index in [1.165, 1.54) is 13.3 Å². The number of rotatable bonds is 7. The van der Waals surface area contributed by atoms with Gasteiger partial charge in [-0.05, 0) is 42.8 Å². The normalized spacial score (nSPS) is 10.9. The Morgan fingerprint density at radius 1 is 1.17 bits per heavy atom. The minimum Gasteiger partial charge on any atom is -0.493 e. The van der Waals surface area contributed by atoms with Gasteiger partial charge in [0.25, 0.3) is 5.56 Å². The average molecular weight is 434 g/mol. The number of aromatic nitrogens is 3. The Kier molecular flexibility index (Phi) is 6.69. The number of anilines is 1. The highest BCUT2D eigenvalue weighted by Gasteiger charge is 2.10. The van der Waals surface area contributed by atoms with Gasteiger partial charge in [-0.2, -0.15) is 5.10 Å². The van der Waals surface area contributed by atoms with Crippen LogP contribution in [0.5, 0.6) is 11.5 Å². The minimum atomic E-state index is -0.334. The van der Waals surface area contributed by atoms with E-state index < -0.39 is 0 Å². The van der Waals surface area contributed by atoms with Gasteiger partial charge in [0.2, 0.25) is 5.95 Å². The number of hydrogen-bond donors (Lipinski definition) is 2. The van der Waals surface area contributed by atoms with Crippen molar-refractivity contribution in [3.05, 3.63) is 73.6 Å². The molecule has 0 atom stereocenters. The number of methoxy groups -OCH3 is 1. The number of aromatic amines is 1.